The van der Waals surface area contributed by atoms with Crippen molar-refractivity contribution in [2.45, 2.75) is 31.7 Å². The summed E-state index contributed by atoms with van der Waals surface area (Å²) in [6.07, 6.45) is -0.715. The molecule has 230 valence electrons. The van der Waals surface area contributed by atoms with Crippen LogP contribution in [-0.2, 0) is 29.1 Å². The van der Waals surface area contributed by atoms with Crippen molar-refractivity contribution in [2.24, 2.45) is 0 Å². The Balaban J connectivity index is 1.33. The monoisotopic (exact) mass is 626 g/mol. The van der Waals surface area contributed by atoms with Gasteiger partial charge in [0.2, 0.25) is 11.8 Å². The normalized spacial score (nSPS) is 18.2. The van der Waals surface area contributed by atoms with E-state index >= 15 is 0 Å². The number of thiazole rings is 1. The highest BCUT2D eigenvalue weighted by atomic mass is 32.1. The highest BCUT2D eigenvalue weighted by molar-refractivity contribution is 7.22. The van der Waals surface area contributed by atoms with Crippen molar-refractivity contribution in [3.8, 4) is 17.6 Å². The highest BCUT2D eigenvalue weighted by Crippen LogP contribution is 2.33. The number of fused-ring (bicyclic) bond motifs is 2. The van der Waals surface area contributed by atoms with Gasteiger partial charge in [-0.25, -0.2) is 14.8 Å². The van der Waals surface area contributed by atoms with E-state index in [0.29, 0.717) is 16.2 Å². The molecule has 0 radical (unpaired) electrons. The number of hydrogen-bond acceptors (Lipinski definition) is 10. The summed E-state index contributed by atoms with van der Waals surface area (Å²) < 4.78 is 0.875. The number of nitrogens with two attached hydrogens (primary N) is 1. The molecule has 0 bridgehead atoms. The Labute approximate surface area is 262 Å². The number of urea groups is 1. The summed E-state index contributed by atoms with van der Waals surface area (Å²) >= 11 is 1.34. The number of phenolic OH excluding ortho intramolecular Hbond substituents is 2. The molecular weight excluding hydrogens is 596 g/mol. The molecule has 3 aromatic carbocycles. The highest BCUT2D eigenvalue weighted by Gasteiger charge is 2.52. The lowest BCUT2D eigenvalue weighted by atomic mass is 9.99. The number of anilines is 1. The van der Waals surface area contributed by atoms with Crippen LogP contribution in [0, 0.1) is 11.3 Å². The first-order chi connectivity index (χ1) is 21.7. The number of piperazine rings is 1. The number of hydrazine groups is 1. The third kappa shape index (κ3) is 5.91. The van der Waals surface area contributed by atoms with E-state index in [4.69, 9.17) is 5.73 Å². The molecule has 45 heavy (non-hydrogen) atoms. The van der Waals surface area contributed by atoms with Crippen LogP contribution in [0.5, 0.6) is 11.5 Å². The zero-order valence-corrected chi connectivity index (χ0v) is 24.9. The van der Waals surface area contributed by atoms with Gasteiger partial charge in [0.05, 0.1) is 29.4 Å². The van der Waals surface area contributed by atoms with Crippen LogP contribution in [0.15, 0.2) is 66.7 Å². The molecule has 3 heterocycles. The van der Waals surface area contributed by atoms with E-state index in [-0.39, 0.29) is 62.5 Å². The number of carbonyl (C=O) groups excluding carboxylic acids is 3. The Morgan fingerprint density at radius 2 is 1.89 bits per heavy atom. The van der Waals surface area contributed by atoms with Crippen LogP contribution in [0.2, 0.25) is 0 Å². The number of amides is 4. The van der Waals surface area contributed by atoms with E-state index in [2.05, 4.69) is 10.3 Å². The van der Waals surface area contributed by atoms with E-state index in [9.17, 15) is 29.9 Å². The van der Waals surface area contributed by atoms with Gasteiger partial charge in [0.1, 0.15) is 18.8 Å². The van der Waals surface area contributed by atoms with Gasteiger partial charge in [-0.3, -0.25) is 9.59 Å². The van der Waals surface area contributed by atoms with Gasteiger partial charge in [0, 0.05) is 19.5 Å². The second-order valence-electron chi connectivity index (χ2n) is 10.8. The summed E-state index contributed by atoms with van der Waals surface area (Å²) in [5, 5.41) is 35.6. The van der Waals surface area contributed by atoms with Gasteiger partial charge < -0.3 is 31.1 Å². The first-order valence-corrected chi connectivity index (χ1v) is 15.0. The van der Waals surface area contributed by atoms with Crippen molar-refractivity contribution >= 4 is 44.5 Å². The molecule has 0 saturated carbocycles. The number of nitrogens with zero attached hydrogens (tertiary/aromatic N) is 6. The topological polar surface area (TPSA) is 179 Å². The SMILES string of the molecule is N#CCN(C(=O)NCc1ccccc1)N1CC(=O)N2[C@@H](Cc3ccc(O)c(O)c3)C(=O)N(Cc3cccc4sc(N)nc34)C[C@@H]21. The number of rotatable bonds is 8. The molecule has 2 atom stereocenters. The number of phenols is 2. The number of aromatic hydroxyl groups is 2. The summed E-state index contributed by atoms with van der Waals surface area (Å²) in [7, 11) is 0. The molecule has 4 aromatic rings. The van der Waals surface area contributed by atoms with Crippen molar-refractivity contribution in [1.29, 1.82) is 5.26 Å². The van der Waals surface area contributed by atoms with E-state index in [0.717, 1.165) is 15.8 Å². The molecule has 5 N–H and O–H groups in total. The second kappa shape index (κ2) is 12.3. The van der Waals surface area contributed by atoms with Gasteiger partial charge >= 0.3 is 6.03 Å². The average Bonchev–Trinajstić information content (AvgIpc) is 3.58. The van der Waals surface area contributed by atoms with Gasteiger partial charge in [0.15, 0.2) is 16.6 Å². The lowest BCUT2D eigenvalue weighted by molar-refractivity contribution is -0.157. The summed E-state index contributed by atoms with van der Waals surface area (Å²) in [4.78, 5) is 48.7. The largest absolute Gasteiger partial charge is 0.504 e. The van der Waals surface area contributed by atoms with Crippen LogP contribution in [0.4, 0.5) is 9.93 Å². The number of nitriles is 1. The quantitative estimate of drug-likeness (QED) is 0.169. The number of nitrogen functional groups attached to an aromatic ring is 1. The minimum Gasteiger partial charge on any atom is -0.504 e. The van der Waals surface area contributed by atoms with Crippen LogP contribution < -0.4 is 11.1 Å². The van der Waals surface area contributed by atoms with Crippen molar-refractivity contribution in [3.05, 3.63) is 83.4 Å². The first kappa shape index (κ1) is 29.7. The van der Waals surface area contributed by atoms with Gasteiger partial charge in [-0.05, 0) is 34.9 Å². The van der Waals surface area contributed by atoms with Gasteiger partial charge in [-0.1, -0.05) is 59.9 Å². The molecule has 13 nitrogen and oxygen atoms in total. The van der Waals surface area contributed by atoms with E-state index in [1.807, 2.05) is 54.6 Å². The smallest absolute Gasteiger partial charge is 0.333 e. The van der Waals surface area contributed by atoms with Crippen LogP contribution in [0.25, 0.3) is 10.2 Å². The molecule has 6 rings (SSSR count). The van der Waals surface area contributed by atoms with Crippen molar-refractivity contribution in [3.63, 3.8) is 0 Å². The van der Waals surface area contributed by atoms with E-state index < -0.39 is 18.2 Å². The maximum absolute atomic E-state index is 14.1. The van der Waals surface area contributed by atoms with Crippen molar-refractivity contribution in [2.75, 3.05) is 25.4 Å². The molecule has 2 aliphatic heterocycles. The van der Waals surface area contributed by atoms with Crippen molar-refractivity contribution in [1.82, 2.24) is 30.1 Å². The molecule has 4 amide bonds. The molecule has 14 heteroatoms. The number of carbonyl (C=O) groups is 3. The van der Waals surface area contributed by atoms with Gasteiger partial charge in [-0.2, -0.15) is 10.3 Å². The minimum absolute atomic E-state index is 0.0472. The van der Waals surface area contributed by atoms with Crippen LogP contribution in [0.1, 0.15) is 16.7 Å². The third-order valence-electron chi connectivity index (χ3n) is 7.97. The predicted octanol–water partition coefficient (Wildman–Crippen LogP) is 2.36. The maximum atomic E-state index is 14.1. The van der Waals surface area contributed by atoms with Crippen LogP contribution in [0.3, 0.4) is 0 Å². The first-order valence-electron chi connectivity index (χ1n) is 14.2. The summed E-state index contributed by atoms with van der Waals surface area (Å²) in [5.74, 6) is -1.36. The standard InChI is InChI=1S/C31H30N8O5S/c32-11-12-37(31(44)34-15-19-5-2-1-3-6-19)38-18-27(42)39-22(13-20-9-10-23(40)24(41)14-20)29(43)36(17-26(38)39)16-21-7-4-8-25-28(21)35-30(33)45-25/h1-10,14,22,26,40-41H,12-13,15-18H2,(H2,33,35)(H,34,44)/t22-,26+/m0/s1. The Hall–Kier alpha value is -5.39. The average molecular weight is 627 g/mol. The number of hydrogen-bond donors (Lipinski definition) is 4. The zero-order valence-electron chi connectivity index (χ0n) is 24.0. The maximum Gasteiger partial charge on any atom is 0.333 e. The van der Waals surface area contributed by atoms with Crippen molar-refractivity contribution < 1.29 is 24.6 Å². The molecule has 0 spiro atoms. The van der Waals surface area contributed by atoms with Crippen LogP contribution in [-0.4, -0.2) is 84.7 Å². The summed E-state index contributed by atoms with van der Waals surface area (Å²) in [5.41, 5.74) is 8.82. The Kier molecular flexibility index (Phi) is 8.12. The number of nitrogens with one attached hydrogen (secondary N) is 1. The second-order valence-corrected chi connectivity index (χ2v) is 11.9. The lowest BCUT2D eigenvalue weighted by Crippen LogP contribution is -2.66. The number of benzene rings is 3. The van der Waals surface area contributed by atoms with Gasteiger partial charge in [0.25, 0.3) is 0 Å². The Morgan fingerprint density at radius 1 is 1.09 bits per heavy atom. The molecule has 2 fully saturated rings. The fraction of sp³-hybridized carbons (Fsp3) is 0.258. The van der Waals surface area contributed by atoms with Gasteiger partial charge in [-0.15, -0.1) is 0 Å². The van der Waals surface area contributed by atoms with Crippen LogP contribution >= 0.6 is 11.3 Å². The predicted molar refractivity (Wildman–Crippen MR) is 165 cm³/mol. The fourth-order valence-electron chi connectivity index (χ4n) is 5.88. The molecular formula is C31H30N8O5S. The molecule has 0 aliphatic carbocycles. The Morgan fingerprint density at radius 3 is 2.64 bits per heavy atom. The summed E-state index contributed by atoms with van der Waals surface area (Å²) in [6.45, 7) is -0.0920. The van der Waals surface area contributed by atoms with E-state index in [1.165, 1.54) is 38.4 Å². The third-order valence-corrected chi connectivity index (χ3v) is 8.82. The lowest BCUT2D eigenvalue weighted by Gasteiger charge is -2.46. The molecule has 1 aromatic heterocycles. The number of para-hydroxylation sites is 1. The summed E-state index contributed by atoms with van der Waals surface area (Å²) in [6, 6.07) is 19.7. The molecule has 0 unspecified atom stereocenters. The number of aromatic nitrogens is 1. The molecule has 2 aliphatic rings. The minimum atomic E-state index is -0.985. The zero-order chi connectivity index (χ0) is 31.7. The fourth-order valence-corrected chi connectivity index (χ4v) is 6.66. The molecule has 2 saturated heterocycles. The Bertz CT molecular complexity index is 1810. The van der Waals surface area contributed by atoms with E-state index in [1.54, 1.807) is 11.0 Å².